The Morgan fingerprint density at radius 2 is 2.38 bits per heavy atom. The average Bonchev–Trinajstić information content (AvgIpc) is 2.60. The number of nitrogens with one attached hydrogen (secondary N) is 1. The number of hydrogen-bond donors (Lipinski definition) is 2. The molecule has 1 saturated carbocycles. The van der Waals surface area contributed by atoms with Gasteiger partial charge in [0.05, 0.1) is 5.41 Å². The fourth-order valence-corrected chi connectivity index (χ4v) is 3.01. The first kappa shape index (κ1) is 13.8. The van der Waals surface area contributed by atoms with Crippen LogP contribution in [0.25, 0.3) is 0 Å². The van der Waals surface area contributed by atoms with Gasteiger partial charge >= 0.3 is 0 Å². The average molecular weight is 244 g/mol. The van der Waals surface area contributed by atoms with Gasteiger partial charge in [-0.3, -0.25) is 4.79 Å². The summed E-state index contributed by atoms with van der Waals surface area (Å²) in [7, 11) is 0. The maximum absolute atomic E-state index is 12.2. The van der Waals surface area contributed by atoms with Gasteiger partial charge in [-0.25, -0.2) is 0 Å². The molecular weight excluding hydrogens is 220 g/mol. The molecular formula is C12H24N2OS. The monoisotopic (exact) mass is 244 g/mol. The van der Waals surface area contributed by atoms with Gasteiger partial charge in [0.2, 0.25) is 5.91 Å². The third-order valence-corrected chi connectivity index (χ3v) is 4.48. The summed E-state index contributed by atoms with van der Waals surface area (Å²) < 4.78 is 0. The second-order valence-electron chi connectivity index (χ2n) is 4.95. The van der Waals surface area contributed by atoms with Crippen LogP contribution < -0.4 is 11.1 Å². The summed E-state index contributed by atoms with van der Waals surface area (Å²) in [4.78, 5) is 12.2. The lowest BCUT2D eigenvalue weighted by atomic mass is 9.84. The van der Waals surface area contributed by atoms with Crippen LogP contribution in [-0.2, 0) is 4.79 Å². The highest BCUT2D eigenvalue weighted by Crippen LogP contribution is 2.36. The molecule has 1 aliphatic rings. The summed E-state index contributed by atoms with van der Waals surface area (Å²) >= 11 is 1.77. The zero-order valence-electron chi connectivity index (χ0n) is 10.6. The fourth-order valence-electron chi connectivity index (χ4n) is 2.29. The van der Waals surface area contributed by atoms with Crippen LogP contribution in [0.1, 0.15) is 39.5 Å². The van der Waals surface area contributed by atoms with Crippen molar-refractivity contribution in [3.05, 3.63) is 0 Å². The van der Waals surface area contributed by atoms with Gasteiger partial charge in [0.15, 0.2) is 0 Å². The van der Waals surface area contributed by atoms with E-state index in [-0.39, 0.29) is 23.4 Å². The summed E-state index contributed by atoms with van der Waals surface area (Å²) in [6.07, 6.45) is 6.03. The topological polar surface area (TPSA) is 55.1 Å². The first-order valence-corrected chi connectivity index (χ1v) is 7.49. The van der Waals surface area contributed by atoms with E-state index in [1.165, 1.54) is 0 Å². The van der Waals surface area contributed by atoms with Crippen molar-refractivity contribution in [1.29, 1.82) is 0 Å². The van der Waals surface area contributed by atoms with Crippen LogP contribution in [0.4, 0.5) is 0 Å². The van der Waals surface area contributed by atoms with Crippen LogP contribution in [0.15, 0.2) is 0 Å². The minimum Gasteiger partial charge on any atom is -0.352 e. The quantitative estimate of drug-likeness (QED) is 0.775. The highest BCUT2D eigenvalue weighted by atomic mass is 32.2. The molecule has 1 amide bonds. The molecule has 0 aromatic rings. The molecule has 0 aliphatic heterocycles. The summed E-state index contributed by atoms with van der Waals surface area (Å²) in [6, 6.07) is 0.311. The Balaban J connectivity index is 2.56. The van der Waals surface area contributed by atoms with Gasteiger partial charge < -0.3 is 11.1 Å². The van der Waals surface area contributed by atoms with E-state index in [2.05, 4.69) is 18.5 Å². The molecule has 3 atom stereocenters. The third-order valence-electron chi connectivity index (χ3n) is 3.74. The zero-order valence-corrected chi connectivity index (χ0v) is 11.4. The van der Waals surface area contributed by atoms with Crippen LogP contribution in [0.5, 0.6) is 0 Å². The van der Waals surface area contributed by atoms with Crippen LogP contribution >= 0.6 is 11.8 Å². The van der Waals surface area contributed by atoms with E-state index in [9.17, 15) is 4.79 Å². The molecule has 0 aromatic carbocycles. The van der Waals surface area contributed by atoms with Crippen molar-refractivity contribution in [2.24, 2.45) is 11.1 Å². The Morgan fingerprint density at radius 3 is 2.81 bits per heavy atom. The van der Waals surface area contributed by atoms with E-state index in [0.29, 0.717) is 0 Å². The summed E-state index contributed by atoms with van der Waals surface area (Å²) in [6.45, 7) is 4.11. The molecule has 3 unspecified atom stereocenters. The van der Waals surface area contributed by atoms with E-state index in [1.54, 1.807) is 11.8 Å². The van der Waals surface area contributed by atoms with Crippen molar-refractivity contribution in [3.63, 3.8) is 0 Å². The van der Waals surface area contributed by atoms with Crippen molar-refractivity contribution in [2.45, 2.75) is 51.6 Å². The number of thioether (sulfide) groups is 1. The summed E-state index contributed by atoms with van der Waals surface area (Å²) in [5, 5.41) is 3.14. The van der Waals surface area contributed by atoms with Gasteiger partial charge in [0.1, 0.15) is 0 Å². The maximum atomic E-state index is 12.2. The van der Waals surface area contributed by atoms with Crippen molar-refractivity contribution in [2.75, 3.05) is 12.0 Å². The fraction of sp³-hybridized carbons (Fsp3) is 0.917. The molecule has 3 N–H and O–H groups in total. The molecule has 4 heteroatoms. The number of carbonyl (C=O) groups is 1. The smallest absolute Gasteiger partial charge is 0.227 e. The van der Waals surface area contributed by atoms with Crippen LogP contribution in [0.3, 0.4) is 0 Å². The first-order valence-electron chi connectivity index (χ1n) is 6.10. The number of rotatable bonds is 5. The number of nitrogens with two attached hydrogens (primary N) is 1. The van der Waals surface area contributed by atoms with Gasteiger partial charge in [0.25, 0.3) is 0 Å². The van der Waals surface area contributed by atoms with Gasteiger partial charge in [-0.1, -0.05) is 13.3 Å². The first-order chi connectivity index (χ1) is 7.54. The molecule has 94 valence electrons. The predicted molar refractivity (Wildman–Crippen MR) is 70.5 cm³/mol. The molecule has 3 nitrogen and oxygen atoms in total. The zero-order chi connectivity index (χ0) is 12.2. The minimum absolute atomic E-state index is 0.0271. The normalized spacial score (nSPS) is 31.4. The van der Waals surface area contributed by atoms with Crippen LogP contribution in [0.2, 0.25) is 0 Å². The lowest BCUT2D eigenvalue weighted by Crippen LogP contribution is -2.50. The Bertz CT molecular complexity index is 247. The highest BCUT2D eigenvalue weighted by molar-refractivity contribution is 7.98. The maximum Gasteiger partial charge on any atom is 0.227 e. The van der Waals surface area contributed by atoms with Crippen molar-refractivity contribution in [3.8, 4) is 0 Å². The van der Waals surface area contributed by atoms with E-state index < -0.39 is 0 Å². The van der Waals surface area contributed by atoms with Crippen LogP contribution in [0, 0.1) is 5.41 Å². The molecule has 0 aromatic heterocycles. The lowest BCUT2D eigenvalue weighted by Gasteiger charge is -2.30. The van der Waals surface area contributed by atoms with Crippen molar-refractivity contribution in [1.82, 2.24) is 5.32 Å². The lowest BCUT2D eigenvalue weighted by molar-refractivity contribution is -0.131. The molecule has 16 heavy (non-hydrogen) atoms. The van der Waals surface area contributed by atoms with Gasteiger partial charge in [-0.05, 0) is 32.4 Å². The second kappa shape index (κ2) is 5.92. The third kappa shape index (κ3) is 2.92. The standard InChI is InChI=1S/C12H24N2OS/c1-4-9(8-16-3)14-11(15)12(2)7-5-6-10(12)13/h9-10H,4-8,13H2,1-3H3,(H,14,15). The molecule has 0 bridgehead atoms. The van der Waals surface area contributed by atoms with Gasteiger partial charge in [-0.15, -0.1) is 0 Å². The Kier molecular flexibility index (Phi) is 5.12. The van der Waals surface area contributed by atoms with Gasteiger partial charge in [-0.2, -0.15) is 11.8 Å². The number of carbonyl (C=O) groups excluding carboxylic acids is 1. The predicted octanol–water partition coefficient (Wildman–Crippen LogP) is 1.76. The van der Waals surface area contributed by atoms with E-state index >= 15 is 0 Å². The Hall–Kier alpha value is -0.220. The van der Waals surface area contributed by atoms with E-state index in [4.69, 9.17) is 5.73 Å². The largest absolute Gasteiger partial charge is 0.352 e. The highest BCUT2D eigenvalue weighted by Gasteiger charge is 2.43. The second-order valence-corrected chi connectivity index (χ2v) is 5.86. The van der Waals surface area contributed by atoms with E-state index in [0.717, 1.165) is 31.4 Å². The van der Waals surface area contributed by atoms with Crippen molar-refractivity contribution < 1.29 is 4.79 Å². The van der Waals surface area contributed by atoms with Crippen LogP contribution in [-0.4, -0.2) is 30.0 Å². The molecule has 1 rings (SSSR count). The molecule has 1 fully saturated rings. The Morgan fingerprint density at radius 1 is 1.69 bits per heavy atom. The summed E-state index contributed by atoms with van der Waals surface area (Å²) in [5.74, 6) is 1.13. The number of hydrogen-bond acceptors (Lipinski definition) is 3. The number of amides is 1. The van der Waals surface area contributed by atoms with E-state index in [1.807, 2.05) is 6.92 Å². The molecule has 0 heterocycles. The molecule has 0 saturated heterocycles. The molecule has 1 aliphatic carbocycles. The Labute approximate surface area is 103 Å². The summed E-state index contributed by atoms with van der Waals surface area (Å²) in [5.41, 5.74) is 5.70. The SMILES string of the molecule is CCC(CSC)NC(=O)C1(C)CCCC1N. The van der Waals surface area contributed by atoms with Crippen molar-refractivity contribution >= 4 is 17.7 Å². The minimum atomic E-state index is -0.341. The van der Waals surface area contributed by atoms with Gasteiger partial charge in [0, 0.05) is 17.8 Å². The molecule has 0 radical (unpaired) electrons. The molecule has 0 spiro atoms.